The van der Waals surface area contributed by atoms with Gasteiger partial charge < -0.3 is 37.9 Å². The maximum Gasteiger partial charge on any atom is 0.460 e. The van der Waals surface area contributed by atoms with E-state index < -0.39 is 145 Å². The molecule has 0 radical (unpaired) electrons. The van der Waals surface area contributed by atoms with Gasteiger partial charge in [0.1, 0.15) is 23.0 Å². The van der Waals surface area contributed by atoms with Crippen LogP contribution in [0.5, 0.6) is 23.0 Å². The van der Waals surface area contributed by atoms with Crippen molar-refractivity contribution >= 4 is 35.8 Å². The Labute approximate surface area is 622 Å². The van der Waals surface area contributed by atoms with Crippen LogP contribution in [-0.4, -0.2) is 147 Å². The first-order valence-corrected chi connectivity index (χ1v) is 30.3. The smallest absolute Gasteiger partial charge is 0.460 e. The highest BCUT2D eigenvalue weighted by Gasteiger charge is 2.92. The molecule has 1 saturated carbocycles. The van der Waals surface area contributed by atoms with E-state index in [0.29, 0.717) is 72.5 Å². The Bertz CT molecular complexity index is 3800. The van der Waals surface area contributed by atoms with Crippen molar-refractivity contribution in [3.63, 3.8) is 0 Å². The molecule has 0 saturated heterocycles. The first-order chi connectivity index (χ1) is 49.6. The summed E-state index contributed by atoms with van der Waals surface area (Å²) in [6, 6.07) is 28.7. The molecule has 1 aliphatic rings. The summed E-state index contributed by atoms with van der Waals surface area (Å²) in [6.07, 6.45) is -17.0. The predicted octanol–water partition coefficient (Wildman–Crippen LogP) is 20.0. The van der Waals surface area contributed by atoms with Crippen molar-refractivity contribution in [1.29, 1.82) is 10.5 Å². The summed E-state index contributed by atoms with van der Waals surface area (Å²) in [5.41, 5.74) is -0.0217. The van der Waals surface area contributed by atoms with Gasteiger partial charge >= 0.3 is 107 Å². The number of hydrogen-bond acceptors (Lipinski definition) is 16. The lowest BCUT2D eigenvalue weighted by molar-refractivity contribution is -0.440. The van der Waals surface area contributed by atoms with Gasteiger partial charge in [-0.1, -0.05) is 49.8 Å². The SMILES string of the molecule is C.C.C.C.C=CC(=O)OCCC(F)(F)C(F)(F)C(F)(F)C(F)(F)C(F)(F)C(F)(F)F.C=CC(=O)OCCCCOc1ccc(C(=O)Oc2ccc(C#N)cc2)cc1.CC(CC1(C(=O)OCCC(F)(F)C(F)(F)C(F)(F)C(F)(F)C(F)(F)C(F)(F)F)CC1)C(=O)OCCCCOc1ccc(C(=O)Oc2ccc(C#N)cc2)cc1. The van der Waals surface area contributed by atoms with Crippen molar-refractivity contribution in [3.8, 4) is 35.1 Å². The van der Waals surface area contributed by atoms with Crippen molar-refractivity contribution in [2.24, 2.45) is 11.3 Å². The van der Waals surface area contributed by atoms with Crippen molar-refractivity contribution in [3.05, 3.63) is 145 Å². The Morgan fingerprint density at radius 1 is 0.402 bits per heavy atom. The number of unbranched alkanes of at least 4 members (excludes halogenated alkanes) is 2. The van der Waals surface area contributed by atoms with Crippen LogP contribution in [0.1, 0.15) is 126 Å². The number of hydrogen-bond donors (Lipinski definition) is 0. The van der Waals surface area contributed by atoms with Crippen molar-refractivity contribution in [2.45, 2.75) is 166 Å². The van der Waals surface area contributed by atoms with E-state index in [9.17, 15) is 143 Å². The lowest BCUT2D eigenvalue weighted by atomic mass is 9.92. The molecule has 112 heavy (non-hydrogen) atoms. The molecule has 1 fully saturated rings. The molecule has 1 atom stereocenters. The number of esters is 6. The third-order valence-corrected chi connectivity index (χ3v) is 14.7. The molecular formula is C70H72F26N2O14. The zero-order valence-corrected chi connectivity index (χ0v) is 54.9. The third kappa shape index (κ3) is 25.5. The number of nitriles is 2. The monoisotopic (exact) mass is 1660 g/mol. The summed E-state index contributed by atoms with van der Waals surface area (Å²) in [4.78, 5) is 70.7. The molecule has 0 amide bonds. The van der Waals surface area contributed by atoms with E-state index in [1.54, 1.807) is 48.5 Å². The second-order valence-corrected chi connectivity index (χ2v) is 22.6. The van der Waals surface area contributed by atoms with E-state index in [4.69, 9.17) is 38.9 Å². The van der Waals surface area contributed by atoms with Gasteiger partial charge in [0.05, 0.1) is 98.2 Å². The lowest BCUT2D eigenvalue weighted by Crippen LogP contribution is -2.70. The average molecular weight is 1660 g/mol. The highest BCUT2D eigenvalue weighted by Crippen LogP contribution is 2.63. The van der Waals surface area contributed by atoms with Gasteiger partial charge in [-0.25, -0.2) is 19.2 Å². The summed E-state index contributed by atoms with van der Waals surface area (Å²) in [5.74, 6) is -79.5. The van der Waals surface area contributed by atoms with E-state index in [1.165, 1.54) is 55.5 Å². The molecule has 0 aromatic heterocycles. The van der Waals surface area contributed by atoms with Crippen LogP contribution in [0.4, 0.5) is 114 Å². The molecule has 4 aromatic rings. The normalized spacial score (nSPS) is 13.4. The topological polar surface area (TPSA) is 224 Å². The van der Waals surface area contributed by atoms with E-state index in [-0.39, 0.29) is 73.5 Å². The zero-order valence-electron chi connectivity index (χ0n) is 54.9. The van der Waals surface area contributed by atoms with Gasteiger partial charge in [0.2, 0.25) is 0 Å². The van der Waals surface area contributed by atoms with Crippen LogP contribution < -0.4 is 18.9 Å². The number of alkyl halides is 26. The van der Waals surface area contributed by atoms with Gasteiger partial charge in [0.15, 0.2) is 0 Å². The Hall–Kier alpha value is -10.1. The molecule has 0 N–H and O–H groups in total. The fraction of sp³-hybridized carbons (Fsp3) is 0.486. The van der Waals surface area contributed by atoms with Crippen molar-refractivity contribution in [1.82, 2.24) is 0 Å². The van der Waals surface area contributed by atoms with E-state index in [0.717, 1.165) is 12.5 Å². The van der Waals surface area contributed by atoms with Gasteiger partial charge in [-0.2, -0.15) is 125 Å². The molecule has 0 aliphatic heterocycles. The van der Waals surface area contributed by atoms with Crippen LogP contribution in [-0.2, 0) is 38.1 Å². The maximum atomic E-state index is 14.0. The Kier molecular flexibility index (Phi) is 38.5. The Morgan fingerprint density at radius 3 is 0.991 bits per heavy atom. The number of benzene rings is 4. The van der Waals surface area contributed by atoms with E-state index in [2.05, 4.69) is 22.6 Å². The number of carbonyl (C=O) groups is 6. The van der Waals surface area contributed by atoms with Crippen molar-refractivity contribution in [2.75, 3.05) is 39.6 Å². The van der Waals surface area contributed by atoms with Gasteiger partial charge in [0, 0.05) is 12.2 Å². The van der Waals surface area contributed by atoms with Gasteiger partial charge in [-0.3, -0.25) is 9.59 Å². The largest absolute Gasteiger partial charge is 0.494 e. The fourth-order valence-electron chi connectivity index (χ4n) is 8.23. The van der Waals surface area contributed by atoms with Gasteiger partial charge in [-0.05, 0) is 142 Å². The second-order valence-electron chi connectivity index (χ2n) is 22.6. The lowest BCUT2D eigenvalue weighted by Gasteiger charge is -2.39. The van der Waals surface area contributed by atoms with Crippen molar-refractivity contribution < 1.29 is 181 Å². The highest BCUT2D eigenvalue weighted by atomic mass is 19.4. The van der Waals surface area contributed by atoms with Crippen LogP contribution in [0.15, 0.2) is 122 Å². The second kappa shape index (κ2) is 41.5. The zero-order chi connectivity index (χ0) is 82.6. The summed E-state index contributed by atoms with van der Waals surface area (Å²) in [7, 11) is 0. The summed E-state index contributed by atoms with van der Waals surface area (Å²) in [5, 5.41) is 17.6. The number of rotatable bonds is 36. The first-order valence-electron chi connectivity index (χ1n) is 30.3. The van der Waals surface area contributed by atoms with E-state index >= 15 is 0 Å². The molecule has 4 aromatic carbocycles. The number of ether oxygens (including phenoxy) is 8. The quantitative estimate of drug-likeness (QED) is 0.0103. The number of carbonyl (C=O) groups excluding carboxylic acids is 6. The minimum absolute atomic E-state index is 0. The minimum atomic E-state index is -8.03. The summed E-state index contributed by atoms with van der Waals surface area (Å²) < 4.78 is 377. The van der Waals surface area contributed by atoms with Crippen LogP contribution in [0.3, 0.4) is 0 Å². The van der Waals surface area contributed by atoms with Crippen LogP contribution in [0, 0.1) is 34.0 Å². The number of halogens is 26. The predicted molar refractivity (Wildman–Crippen MR) is 342 cm³/mol. The molecule has 1 unspecified atom stereocenters. The summed E-state index contributed by atoms with van der Waals surface area (Å²) in [6.45, 7) is 4.58. The summed E-state index contributed by atoms with van der Waals surface area (Å²) >= 11 is 0. The minimum Gasteiger partial charge on any atom is -0.494 e. The molecule has 628 valence electrons. The molecule has 16 nitrogen and oxygen atoms in total. The third-order valence-electron chi connectivity index (χ3n) is 14.7. The molecule has 42 heteroatoms. The Morgan fingerprint density at radius 2 is 0.688 bits per heavy atom. The van der Waals surface area contributed by atoms with Crippen LogP contribution in [0.25, 0.3) is 0 Å². The Balaban J connectivity index is 0. The van der Waals surface area contributed by atoms with E-state index in [1.807, 2.05) is 12.1 Å². The average Bonchev–Trinajstić information content (AvgIpc) is 0.942. The number of nitrogens with zero attached hydrogens (tertiary/aromatic N) is 2. The molecule has 5 rings (SSSR count). The highest BCUT2D eigenvalue weighted by molar-refractivity contribution is 5.92. The molecule has 0 spiro atoms. The van der Waals surface area contributed by atoms with Crippen LogP contribution in [0.2, 0.25) is 0 Å². The van der Waals surface area contributed by atoms with Gasteiger partial charge in [0.25, 0.3) is 0 Å². The maximum absolute atomic E-state index is 14.0. The van der Waals surface area contributed by atoms with Crippen LogP contribution >= 0.6 is 0 Å². The molecule has 0 bridgehead atoms. The molecular weight excluding hydrogens is 1590 g/mol. The molecule has 1 aliphatic carbocycles. The standard InChI is InChI=1S/C34H30F13NO7.C21H19NO5.C11H7F13O2.4CH4/c1-20(25(49)53-16-3-2-15-52-23-10-6-22(7-11-23)26(50)55-24-8-4-21(19-48)5-9-24)18-28(12-13-28)27(51)54-17-14-29(35,36)30(37,38)31(39,40)32(41,42)33(43,44)34(45,46)47;1-2-20(23)26-14-4-3-13-25-18-11-7-17(8-12-18)21(24)27-19-9-5-16(15-22)6-10-19;1-2-5(25)26-4-3-6(12,13)7(14,15)8(16,17)9(18,19)10(20,21)11(22,23)24;;;;/h4-11,20H,2-3,12-18H2,1H3;2,5-12H,1,3-4,13-14H2;2H,1,3-4H2;4*1H4. The molecule has 0 heterocycles. The van der Waals surface area contributed by atoms with Gasteiger partial charge in [-0.15, -0.1) is 0 Å². The first kappa shape index (κ1) is 104. The fourth-order valence-corrected chi connectivity index (χ4v) is 8.23.